The van der Waals surface area contributed by atoms with Gasteiger partial charge in [0, 0.05) is 24.1 Å². The minimum atomic E-state index is -0.385. The average molecular weight is 372 g/mol. The standard InChI is InChI=1S/C19H24N4O2S/c1-11-7-6-8-14(12(11)2)23-10-13(9-15(23)24)16(25)20-18-22-21-17(26-18)19(3,4)5/h6-8,13H,9-10H2,1-5H3,(H,20,22,25)/t13-/m1/s1. The molecule has 138 valence electrons. The molecule has 7 heteroatoms. The van der Waals surface area contributed by atoms with Gasteiger partial charge in [0.1, 0.15) is 5.01 Å². The summed E-state index contributed by atoms with van der Waals surface area (Å²) < 4.78 is 0. The summed E-state index contributed by atoms with van der Waals surface area (Å²) in [6.45, 7) is 10.6. The Morgan fingerprint density at radius 2 is 2.00 bits per heavy atom. The van der Waals surface area contributed by atoms with E-state index in [9.17, 15) is 9.59 Å². The van der Waals surface area contributed by atoms with Crippen molar-refractivity contribution >= 4 is 34.0 Å². The number of aryl methyl sites for hydroxylation is 1. The molecule has 1 saturated heterocycles. The van der Waals surface area contributed by atoms with Gasteiger partial charge in [-0.05, 0) is 31.0 Å². The molecule has 1 aliphatic rings. The number of benzene rings is 1. The van der Waals surface area contributed by atoms with Crippen LogP contribution in [0.4, 0.5) is 10.8 Å². The molecule has 1 fully saturated rings. The minimum Gasteiger partial charge on any atom is -0.311 e. The quantitative estimate of drug-likeness (QED) is 0.895. The van der Waals surface area contributed by atoms with E-state index in [-0.39, 0.29) is 29.6 Å². The molecule has 0 bridgehead atoms. The van der Waals surface area contributed by atoms with Crippen LogP contribution in [0.5, 0.6) is 0 Å². The van der Waals surface area contributed by atoms with E-state index in [1.807, 2.05) is 32.0 Å². The van der Waals surface area contributed by atoms with E-state index < -0.39 is 0 Å². The molecule has 1 aromatic carbocycles. The molecule has 0 aliphatic carbocycles. The van der Waals surface area contributed by atoms with E-state index >= 15 is 0 Å². The van der Waals surface area contributed by atoms with Crippen molar-refractivity contribution in [2.24, 2.45) is 5.92 Å². The van der Waals surface area contributed by atoms with Crippen molar-refractivity contribution in [3.05, 3.63) is 34.3 Å². The maximum Gasteiger partial charge on any atom is 0.231 e. The van der Waals surface area contributed by atoms with Crippen LogP contribution in [0.15, 0.2) is 18.2 Å². The molecule has 2 aromatic rings. The molecule has 2 heterocycles. The highest BCUT2D eigenvalue weighted by atomic mass is 32.1. The topological polar surface area (TPSA) is 75.2 Å². The fourth-order valence-electron chi connectivity index (χ4n) is 2.93. The Morgan fingerprint density at radius 3 is 2.65 bits per heavy atom. The number of hydrogen-bond acceptors (Lipinski definition) is 5. The molecule has 1 N–H and O–H groups in total. The van der Waals surface area contributed by atoms with E-state index in [0.29, 0.717) is 11.7 Å². The first kappa shape index (κ1) is 18.5. The van der Waals surface area contributed by atoms with Crippen LogP contribution < -0.4 is 10.2 Å². The van der Waals surface area contributed by atoms with Crippen LogP contribution in [-0.2, 0) is 15.0 Å². The summed E-state index contributed by atoms with van der Waals surface area (Å²) in [6, 6.07) is 5.89. The molecule has 0 unspecified atom stereocenters. The number of rotatable bonds is 3. The lowest BCUT2D eigenvalue weighted by molar-refractivity contribution is -0.122. The molecule has 1 atom stereocenters. The fourth-order valence-corrected chi connectivity index (χ4v) is 3.73. The SMILES string of the molecule is Cc1cccc(N2C[C@H](C(=O)Nc3nnc(C(C)(C)C)s3)CC2=O)c1C. The Balaban J connectivity index is 1.71. The van der Waals surface area contributed by atoms with Crippen LogP contribution in [0.25, 0.3) is 0 Å². The number of nitrogens with zero attached hydrogens (tertiary/aromatic N) is 3. The van der Waals surface area contributed by atoms with Crippen LogP contribution in [0.2, 0.25) is 0 Å². The second-order valence-corrected chi connectivity index (χ2v) is 8.75. The largest absolute Gasteiger partial charge is 0.311 e. The Morgan fingerprint density at radius 1 is 1.27 bits per heavy atom. The zero-order chi connectivity index (χ0) is 19.1. The molecule has 6 nitrogen and oxygen atoms in total. The Labute approximate surface area is 157 Å². The average Bonchev–Trinajstić information content (AvgIpc) is 3.17. The van der Waals surface area contributed by atoms with Crippen molar-refractivity contribution in [1.29, 1.82) is 0 Å². The van der Waals surface area contributed by atoms with E-state index in [1.165, 1.54) is 11.3 Å². The van der Waals surface area contributed by atoms with Gasteiger partial charge in [-0.2, -0.15) is 0 Å². The van der Waals surface area contributed by atoms with E-state index in [0.717, 1.165) is 21.8 Å². The summed E-state index contributed by atoms with van der Waals surface area (Å²) in [6.07, 6.45) is 0.212. The first-order valence-corrected chi connectivity index (χ1v) is 9.50. The number of nitrogens with one attached hydrogen (secondary N) is 1. The van der Waals surface area contributed by atoms with Crippen molar-refractivity contribution in [3.8, 4) is 0 Å². The number of hydrogen-bond donors (Lipinski definition) is 1. The van der Waals surface area contributed by atoms with Gasteiger partial charge in [-0.3, -0.25) is 9.59 Å². The first-order valence-electron chi connectivity index (χ1n) is 8.68. The Kier molecular flexibility index (Phi) is 4.84. The van der Waals surface area contributed by atoms with Gasteiger partial charge in [0.15, 0.2) is 0 Å². The van der Waals surface area contributed by atoms with Gasteiger partial charge >= 0.3 is 0 Å². The monoisotopic (exact) mass is 372 g/mol. The van der Waals surface area contributed by atoms with Crippen molar-refractivity contribution < 1.29 is 9.59 Å². The third-order valence-electron chi connectivity index (χ3n) is 4.66. The second-order valence-electron chi connectivity index (χ2n) is 7.78. The summed E-state index contributed by atoms with van der Waals surface area (Å²) in [5.41, 5.74) is 2.98. The van der Waals surface area contributed by atoms with E-state index in [2.05, 4.69) is 36.3 Å². The van der Waals surface area contributed by atoms with Crippen molar-refractivity contribution in [3.63, 3.8) is 0 Å². The summed E-state index contributed by atoms with van der Waals surface area (Å²) in [5.74, 6) is -0.585. The minimum absolute atomic E-state index is 0.0218. The third-order valence-corrected chi connectivity index (χ3v) is 5.92. The summed E-state index contributed by atoms with van der Waals surface area (Å²) in [4.78, 5) is 26.8. The number of aromatic nitrogens is 2. The van der Waals surface area contributed by atoms with Crippen molar-refractivity contribution in [2.45, 2.75) is 46.5 Å². The van der Waals surface area contributed by atoms with Gasteiger partial charge in [0.2, 0.25) is 16.9 Å². The van der Waals surface area contributed by atoms with Crippen LogP contribution in [-0.4, -0.2) is 28.6 Å². The number of amides is 2. The highest BCUT2D eigenvalue weighted by Gasteiger charge is 2.36. The molecule has 0 radical (unpaired) electrons. The van der Waals surface area contributed by atoms with Crippen molar-refractivity contribution in [1.82, 2.24) is 10.2 Å². The molecule has 2 amide bonds. The van der Waals surface area contributed by atoms with E-state index in [4.69, 9.17) is 0 Å². The van der Waals surface area contributed by atoms with Crippen molar-refractivity contribution in [2.75, 3.05) is 16.8 Å². The van der Waals surface area contributed by atoms with Crippen LogP contribution in [0.3, 0.4) is 0 Å². The third kappa shape index (κ3) is 3.62. The van der Waals surface area contributed by atoms with Gasteiger partial charge in [0.05, 0.1) is 5.92 Å². The van der Waals surface area contributed by atoms with E-state index in [1.54, 1.807) is 4.90 Å². The predicted octanol–water partition coefficient (Wildman–Crippen LogP) is 3.44. The number of carbonyl (C=O) groups excluding carboxylic acids is 2. The normalized spacial score (nSPS) is 17.7. The summed E-state index contributed by atoms with van der Waals surface area (Å²) in [5, 5.41) is 12.4. The van der Waals surface area contributed by atoms with Crippen LogP contribution >= 0.6 is 11.3 Å². The predicted molar refractivity (Wildman–Crippen MR) is 104 cm³/mol. The lowest BCUT2D eigenvalue weighted by atomic mass is 9.98. The lowest BCUT2D eigenvalue weighted by Crippen LogP contribution is -2.28. The zero-order valence-corrected chi connectivity index (χ0v) is 16.6. The second kappa shape index (κ2) is 6.79. The fraction of sp³-hybridized carbons (Fsp3) is 0.474. The molecule has 0 spiro atoms. The lowest BCUT2D eigenvalue weighted by Gasteiger charge is -2.20. The first-order chi connectivity index (χ1) is 12.2. The molecule has 1 aromatic heterocycles. The van der Waals surface area contributed by atoms with Crippen LogP contribution in [0.1, 0.15) is 43.3 Å². The van der Waals surface area contributed by atoms with Gasteiger partial charge < -0.3 is 10.2 Å². The van der Waals surface area contributed by atoms with Gasteiger partial charge in [-0.15, -0.1) is 10.2 Å². The molecule has 26 heavy (non-hydrogen) atoms. The van der Waals surface area contributed by atoms with Gasteiger partial charge in [-0.1, -0.05) is 44.2 Å². The molecule has 3 rings (SSSR count). The molecular weight excluding hydrogens is 348 g/mol. The Bertz CT molecular complexity index is 853. The maximum atomic E-state index is 12.6. The highest BCUT2D eigenvalue weighted by Crippen LogP contribution is 2.31. The summed E-state index contributed by atoms with van der Waals surface area (Å²) >= 11 is 1.38. The van der Waals surface area contributed by atoms with Gasteiger partial charge in [-0.25, -0.2) is 0 Å². The summed E-state index contributed by atoms with van der Waals surface area (Å²) in [7, 11) is 0. The van der Waals surface area contributed by atoms with Crippen LogP contribution in [0, 0.1) is 19.8 Å². The van der Waals surface area contributed by atoms with Gasteiger partial charge in [0.25, 0.3) is 0 Å². The zero-order valence-electron chi connectivity index (χ0n) is 15.8. The molecule has 1 aliphatic heterocycles. The number of anilines is 2. The molecular formula is C19H24N4O2S. The Hall–Kier alpha value is -2.28. The highest BCUT2D eigenvalue weighted by molar-refractivity contribution is 7.15. The smallest absolute Gasteiger partial charge is 0.231 e. The maximum absolute atomic E-state index is 12.6. The molecule has 0 saturated carbocycles. The number of carbonyl (C=O) groups is 2.